The summed E-state index contributed by atoms with van der Waals surface area (Å²) in [6, 6.07) is 8.37. The molecule has 0 atom stereocenters. The number of aromatic amines is 1. The highest BCUT2D eigenvalue weighted by molar-refractivity contribution is 5.73. The third kappa shape index (κ3) is 8.93. The molecular weight excluding hydrogens is 490 g/mol. The third-order valence-corrected chi connectivity index (χ3v) is 5.59. The first kappa shape index (κ1) is 29.3. The van der Waals surface area contributed by atoms with Crippen LogP contribution < -0.4 is 10.4 Å². The summed E-state index contributed by atoms with van der Waals surface area (Å²) >= 11 is 0. The number of hydrogen-bond donors (Lipinski definition) is 1. The number of hydrogen-bond acceptors (Lipinski definition) is 9. The molecule has 11 nitrogen and oxygen atoms in total. The highest BCUT2D eigenvalue weighted by Crippen LogP contribution is 2.17. The molecule has 3 rings (SSSR count). The molecule has 0 aliphatic rings. The van der Waals surface area contributed by atoms with E-state index in [9.17, 15) is 9.59 Å². The van der Waals surface area contributed by atoms with Gasteiger partial charge in [-0.3, -0.25) is 4.57 Å². The number of rotatable bonds is 14. The SMILES string of the molecule is COCCOc1nc(C)c2[nH]c(=O)n(Cc3ccc(CN(C)CCCOCC(=O)OC(C)(C)C)cc3)c2n1. The minimum absolute atomic E-state index is 0.0320. The van der Waals surface area contributed by atoms with E-state index >= 15 is 0 Å². The van der Waals surface area contributed by atoms with Crippen molar-refractivity contribution in [2.24, 2.45) is 0 Å². The second-order valence-corrected chi connectivity index (χ2v) is 10.2. The van der Waals surface area contributed by atoms with Crippen molar-refractivity contribution in [2.75, 3.05) is 47.1 Å². The molecule has 0 aliphatic heterocycles. The molecule has 2 heterocycles. The predicted octanol–water partition coefficient (Wildman–Crippen LogP) is 2.68. The molecule has 1 aromatic carbocycles. The standard InChI is InChI=1S/C27H39N5O6/c1-19-23-24(30-25(28-19)37-15-14-35-6)32(26(34)29-23)17-21-10-8-20(9-11-21)16-31(5)12-7-13-36-18-22(33)38-27(2,3)4/h8-11H,7,12-18H2,1-6H3,(H,29,34). The first-order chi connectivity index (χ1) is 18.1. The van der Waals surface area contributed by atoms with Gasteiger partial charge in [0, 0.05) is 26.8 Å². The van der Waals surface area contributed by atoms with Crippen molar-refractivity contribution in [3.05, 3.63) is 51.6 Å². The number of ether oxygens (including phenoxy) is 4. The maximum absolute atomic E-state index is 12.7. The number of aryl methyl sites for hydroxylation is 1. The van der Waals surface area contributed by atoms with Crippen LogP contribution in [0.4, 0.5) is 0 Å². The quantitative estimate of drug-likeness (QED) is 0.248. The molecule has 0 aliphatic carbocycles. The van der Waals surface area contributed by atoms with E-state index in [0.29, 0.717) is 43.2 Å². The average molecular weight is 530 g/mol. The summed E-state index contributed by atoms with van der Waals surface area (Å²) in [4.78, 5) is 38.2. The van der Waals surface area contributed by atoms with Gasteiger partial charge in [-0.1, -0.05) is 24.3 Å². The minimum Gasteiger partial charge on any atom is -0.461 e. The van der Waals surface area contributed by atoms with Crippen molar-refractivity contribution in [1.82, 2.24) is 24.4 Å². The van der Waals surface area contributed by atoms with Crippen LogP contribution in [0, 0.1) is 6.92 Å². The van der Waals surface area contributed by atoms with Gasteiger partial charge in [-0.2, -0.15) is 9.97 Å². The molecule has 208 valence electrons. The summed E-state index contributed by atoms with van der Waals surface area (Å²) in [5.74, 6) is -0.348. The van der Waals surface area contributed by atoms with Crippen LogP contribution in [0.2, 0.25) is 0 Å². The maximum atomic E-state index is 12.7. The van der Waals surface area contributed by atoms with Gasteiger partial charge in [-0.25, -0.2) is 9.59 Å². The zero-order chi connectivity index (χ0) is 27.7. The molecule has 2 aromatic heterocycles. The van der Waals surface area contributed by atoms with Gasteiger partial charge in [0.15, 0.2) is 5.65 Å². The largest absolute Gasteiger partial charge is 0.461 e. The van der Waals surface area contributed by atoms with E-state index in [1.807, 2.05) is 46.9 Å². The van der Waals surface area contributed by atoms with E-state index < -0.39 is 5.60 Å². The summed E-state index contributed by atoms with van der Waals surface area (Å²) in [6.45, 7) is 10.5. The van der Waals surface area contributed by atoms with Gasteiger partial charge >= 0.3 is 17.7 Å². The summed E-state index contributed by atoms with van der Waals surface area (Å²) in [7, 11) is 3.64. The van der Waals surface area contributed by atoms with Gasteiger partial charge in [0.05, 0.1) is 18.8 Å². The minimum atomic E-state index is -0.502. The number of imidazole rings is 1. The Balaban J connectivity index is 1.51. The van der Waals surface area contributed by atoms with Crippen LogP contribution in [0.3, 0.4) is 0 Å². The van der Waals surface area contributed by atoms with E-state index in [2.05, 4.69) is 32.0 Å². The first-order valence-electron chi connectivity index (χ1n) is 12.7. The lowest BCUT2D eigenvalue weighted by atomic mass is 10.1. The highest BCUT2D eigenvalue weighted by Gasteiger charge is 2.16. The molecule has 0 amide bonds. The van der Waals surface area contributed by atoms with Crippen molar-refractivity contribution in [3.8, 4) is 6.01 Å². The van der Waals surface area contributed by atoms with E-state index in [4.69, 9.17) is 18.9 Å². The van der Waals surface area contributed by atoms with E-state index in [0.717, 1.165) is 30.6 Å². The van der Waals surface area contributed by atoms with Crippen LogP contribution in [0.25, 0.3) is 11.2 Å². The Morgan fingerprint density at radius 1 is 1.08 bits per heavy atom. The number of aromatic nitrogens is 4. The Morgan fingerprint density at radius 3 is 2.47 bits per heavy atom. The summed E-state index contributed by atoms with van der Waals surface area (Å²) in [6.07, 6.45) is 0.805. The van der Waals surface area contributed by atoms with Crippen LogP contribution in [0.15, 0.2) is 29.1 Å². The fourth-order valence-electron chi connectivity index (χ4n) is 3.86. The van der Waals surface area contributed by atoms with E-state index in [1.54, 1.807) is 11.7 Å². The summed E-state index contributed by atoms with van der Waals surface area (Å²) in [5.41, 5.74) is 3.14. The van der Waals surface area contributed by atoms with Gasteiger partial charge in [-0.15, -0.1) is 0 Å². The van der Waals surface area contributed by atoms with E-state index in [-0.39, 0.29) is 24.3 Å². The van der Waals surface area contributed by atoms with Gasteiger partial charge in [0.1, 0.15) is 24.3 Å². The number of benzene rings is 1. The van der Waals surface area contributed by atoms with Crippen molar-refractivity contribution >= 4 is 17.1 Å². The van der Waals surface area contributed by atoms with Crippen LogP contribution in [0.5, 0.6) is 6.01 Å². The number of carbonyl (C=O) groups is 1. The Morgan fingerprint density at radius 2 is 1.79 bits per heavy atom. The fourth-order valence-corrected chi connectivity index (χ4v) is 3.86. The second kappa shape index (κ2) is 13.5. The zero-order valence-electron chi connectivity index (χ0n) is 23.2. The summed E-state index contributed by atoms with van der Waals surface area (Å²) < 4.78 is 22.8. The Labute approximate surface area is 223 Å². The fraction of sp³-hybridized carbons (Fsp3) is 0.556. The number of nitrogens with one attached hydrogen (secondary N) is 1. The van der Waals surface area contributed by atoms with Crippen molar-refractivity contribution in [2.45, 2.75) is 52.8 Å². The smallest absolute Gasteiger partial charge is 0.332 e. The molecule has 11 heteroatoms. The van der Waals surface area contributed by atoms with Crippen LogP contribution >= 0.6 is 0 Å². The number of esters is 1. The van der Waals surface area contributed by atoms with Crippen LogP contribution in [-0.2, 0) is 32.1 Å². The summed E-state index contributed by atoms with van der Waals surface area (Å²) in [5, 5.41) is 0. The molecule has 0 radical (unpaired) electrons. The normalized spacial score (nSPS) is 11.9. The Hall–Kier alpha value is -3.28. The number of H-pyrrole nitrogens is 1. The molecule has 0 fully saturated rings. The van der Waals surface area contributed by atoms with Crippen molar-refractivity contribution < 1.29 is 23.7 Å². The molecule has 0 bridgehead atoms. The van der Waals surface area contributed by atoms with Gasteiger partial charge in [0.25, 0.3) is 0 Å². The lowest BCUT2D eigenvalue weighted by molar-refractivity contribution is -0.160. The monoisotopic (exact) mass is 529 g/mol. The second-order valence-electron chi connectivity index (χ2n) is 10.2. The van der Waals surface area contributed by atoms with Crippen LogP contribution in [0.1, 0.15) is 44.0 Å². The Kier molecular flexibility index (Phi) is 10.4. The van der Waals surface area contributed by atoms with Crippen molar-refractivity contribution in [3.63, 3.8) is 0 Å². The molecule has 3 aromatic rings. The topological polar surface area (TPSA) is 121 Å². The molecule has 0 saturated carbocycles. The lowest BCUT2D eigenvalue weighted by Crippen LogP contribution is -2.27. The predicted molar refractivity (Wildman–Crippen MR) is 143 cm³/mol. The Bertz CT molecular complexity index is 1250. The zero-order valence-corrected chi connectivity index (χ0v) is 23.2. The van der Waals surface area contributed by atoms with Gasteiger partial charge in [-0.05, 0) is 52.3 Å². The highest BCUT2D eigenvalue weighted by atomic mass is 16.6. The number of fused-ring (bicyclic) bond motifs is 1. The number of nitrogens with zero attached hydrogens (tertiary/aromatic N) is 4. The third-order valence-electron chi connectivity index (χ3n) is 5.59. The molecule has 1 N–H and O–H groups in total. The molecular formula is C27H39N5O6. The van der Waals surface area contributed by atoms with Crippen LogP contribution in [-0.4, -0.2) is 83.1 Å². The lowest BCUT2D eigenvalue weighted by Gasteiger charge is -2.19. The van der Waals surface area contributed by atoms with E-state index in [1.165, 1.54) is 0 Å². The number of methoxy groups -OCH3 is 1. The maximum Gasteiger partial charge on any atom is 0.332 e. The van der Waals surface area contributed by atoms with Gasteiger partial charge in [0.2, 0.25) is 0 Å². The average Bonchev–Trinajstić information content (AvgIpc) is 3.15. The molecule has 0 saturated heterocycles. The molecule has 38 heavy (non-hydrogen) atoms. The molecule has 0 spiro atoms. The first-order valence-corrected chi connectivity index (χ1v) is 12.7. The van der Waals surface area contributed by atoms with Gasteiger partial charge < -0.3 is 28.8 Å². The van der Waals surface area contributed by atoms with Crippen molar-refractivity contribution in [1.29, 1.82) is 0 Å². The number of carbonyl (C=O) groups excluding carboxylic acids is 1. The molecule has 0 unspecified atom stereocenters.